The van der Waals surface area contributed by atoms with Crippen LogP contribution in [0.1, 0.15) is 37.3 Å². The molecule has 3 saturated heterocycles. The van der Waals surface area contributed by atoms with Gasteiger partial charge in [0.25, 0.3) is 5.91 Å². The van der Waals surface area contributed by atoms with Crippen LogP contribution in [-0.4, -0.2) is 84.6 Å². The van der Waals surface area contributed by atoms with Crippen LogP contribution in [0.3, 0.4) is 0 Å². The topological polar surface area (TPSA) is 140 Å². The highest BCUT2D eigenvalue weighted by molar-refractivity contribution is 6.08. The van der Waals surface area contributed by atoms with Crippen molar-refractivity contribution in [2.75, 3.05) is 54.2 Å². The second kappa shape index (κ2) is 11.9. The van der Waals surface area contributed by atoms with E-state index in [9.17, 15) is 29.4 Å². The molecule has 2 N–H and O–H groups in total. The van der Waals surface area contributed by atoms with Crippen molar-refractivity contribution in [1.29, 1.82) is 0 Å². The van der Waals surface area contributed by atoms with Gasteiger partial charge in [-0.2, -0.15) is 0 Å². The van der Waals surface area contributed by atoms with Gasteiger partial charge in [0.1, 0.15) is 13.2 Å². The smallest absolute Gasteiger partial charge is 0.414 e. The van der Waals surface area contributed by atoms with E-state index in [1.807, 2.05) is 12.1 Å². The van der Waals surface area contributed by atoms with E-state index in [-0.39, 0.29) is 38.1 Å². The summed E-state index contributed by atoms with van der Waals surface area (Å²) in [5.41, 5.74) is 0.769. The summed E-state index contributed by atoms with van der Waals surface area (Å²) in [6.45, 7) is 3.69. The van der Waals surface area contributed by atoms with Crippen LogP contribution in [0.25, 0.3) is 0 Å². The van der Waals surface area contributed by atoms with E-state index >= 15 is 0 Å². The zero-order chi connectivity index (χ0) is 31.0. The van der Waals surface area contributed by atoms with E-state index in [1.54, 1.807) is 54.3 Å². The maximum absolute atomic E-state index is 14.2. The Bertz CT molecular complexity index is 1510. The van der Waals surface area contributed by atoms with Gasteiger partial charge in [-0.3, -0.25) is 19.4 Å². The van der Waals surface area contributed by atoms with Gasteiger partial charge >= 0.3 is 12.2 Å². The second-order valence-electron chi connectivity index (χ2n) is 11.5. The quantitative estimate of drug-likeness (QED) is 0.417. The van der Waals surface area contributed by atoms with Gasteiger partial charge in [-0.1, -0.05) is 31.2 Å². The zero-order valence-electron chi connectivity index (χ0n) is 24.6. The van der Waals surface area contributed by atoms with Gasteiger partial charge in [-0.25, -0.2) is 9.59 Å². The third kappa shape index (κ3) is 5.17. The number of hydrogen-bond donors (Lipinski definition) is 2. The molecule has 0 unspecified atom stereocenters. The van der Waals surface area contributed by atoms with Gasteiger partial charge in [0.15, 0.2) is 5.60 Å². The van der Waals surface area contributed by atoms with Crippen molar-refractivity contribution in [1.82, 2.24) is 4.90 Å². The van der Waals surface area contributed by atoms with Gasteiger partial charge in [0, 0.05) is 35.8 Å². The number of amides is 4. The van der Waals surface area contributed by atoms with Crippen molar-refractivity contribution in [3.8, 4) is 0 Å². The summed E-state index contributed by atoms with van der Waals surface area (Å²) in [4.78, 5) is 57.6. The summed E-state index contributed by atoms with van der Waals surface area (Å²) in [7, 11) is 0. The molecule has 2 aromatic rings. The highest BCUT2D eigenvalue weighted by Gasteiger charge is 2.53. The molecule has 4 amide bonds. The standard InChI is InChI=1S/C32H36N4O8/c1-21(5-2-9-28(38)33-12-4-8-25(33)20-37)32(42)26-18-24(35-14-16-44-31(35)41)10-11-27(26)36(29(32)39)19-22-6-3-7-23(17-22)34-13-15-43-30(34)40/h2-3,5-7,10-11,17-18,21,25,37,42H,4,8-9,12-16,19-20H2,1H3/b5-2+/t21-,25+,32+/m1/s1. The van der Waals surface area contributed by atoms with Crippen LogP contribution in [0.2, 0.25) is 0 Å². The molecule has 0 aliphatic carbocycles. The number of anilines is 3. The minimum absolute atomic E-state index is 0.0765. The highest BCUT2D eigenvalue weighted by atomic mass is 16.6. The molecule has 12 heteroatoms. The number of fused-ring (bicyclic) bond motifs is 1. The number of nitrogens with zero attached hydrogens (tertiary/aromatic N) is 4. The number of cyclic esters (lactones) is 2. The highest BCUT2D eigenvalue weighted by Crippen LogP contribution is 2.47. The van der Waals surface area contributed by atoms with E-state index in [1.165, 1.54) is 14.7 Å². The average molecular weight is 605 g/mol. The summed E-state index contributed by atoms with van der Waals surface area (Å²) in [6.07, 6.45) is 4.09. The maximum atomic E-state index is 14.2. The van der Waals surface area contributed by atoms with E-state index in [0.29, 0.717) is 48.9 Å². The number of aliphatic hydroxyl groups excluding tert-OH is 1. The molecule has 44 heavy (non-hydrogen) atoms. The Labute approximate surface area is 255 Å². The molecule has 0 spiro atoms. The molecule has 0 saturated carbocycles. The van der Waals surface area contributed by atoms with Crippen LogP contribution in [0.4, 0.5) is 26.7 Å². The van der Waals surface area contributed by atoms with Crippen LogP contribution in [0.5, 0.6) is 0 Å². The Balaban J connectivity index is 1.29. The Morgan fingerprint density at radius 2 is 1.73 bits per heavy atom. The fourth-order valence-electron chi connectivity index (χ4n) is 6.50. The van der Waals surface area contributed by atoms with Crippen molar-refractivity contribution < 1.29 is 38.9 Å². The van der Waals surface area contributed by atoms with E-state index in [4.69, 9.17) is 9.47 Å². The average Bonchev–Trinajstić information content (AvgIpc) is 3.82. The molecular weight excluding hydrogens is 568 g/mol. The number of aliphatic hydroxyl groups is 2. The lowest BCUT2D eigenvalue weighted by molar-refractivity contribution is -0.139. The Hall–Kier alpha value is -4.42. The fourth-order valence-corrected chi connectivity index (χ4v) is 6.50. The van der Waals surface area contributed by atoms with Crippen LogP contribution in [0.15, 0.2) is 54.6 Å². The van der Waals surface area contributed by atoms with Crippen LogP contribution in [-0.2, 0) is 31.2 Å². The predicted octanol–water partition coefficient (Wildman–Crippen LogP) is 2.90. The first-order chi connectivity index (χ1) is 21.2. The van der Waals surface area contributed by atoms with E-state index in [2.05, 4.69) is 0 Å². The number of carbonyl (C=O) groups is 4. The van der Waals surface area contributed by atoms with E-state index in [0.717, 1.165) is 18.4 Å². The van der Waals surface area contributed by atoms with Crippen molar-refractivity contribution >= 4 is 41.1 Å². The SMILES string of the molecule is C[C@H](/C=C/CC(=O)N1CCC[C@H]1CO)[C@@]1(O)C(=O)N(Cc2cccc(N3CCOC3=O)c2)c2ccc(N3CCOC3=O)cc21. The van der Waals surface area contributed by atoms with Crippen LogP contribution < -0.4 is 14.7 Å². The summed E-state index contributed by atoms with van der Waals surface area (Å²) in [5.74, 6) is -1.39. The molecule has 0 aromatic heterocycles. The van der Waals surface area contributed by atoms with Gasteiger partial charge in [0.05, 0.1) is 38.0 Å². The lowest BCUT2D eigenvalue weighted by Gasteiger charge is -2.28. The lowest BCUT2D eigenvalue weighted by Crippen LogP contribution is -2.44. The Morgan fingerprint density at radius 3 is 2.39 bits per heavy atom. The molecule has 6 rings (SSSR count). The molecule has 12 nitrogen and oxygen atoms in total. The van der Waals surface area contributed by atoms with Gasteiger partial charge in [-0.05, 0) is 48.7 Å². The minimum atomic E-state index is -1.98. The Kier molecular flexibility index (Phi) is 8.04. The van der Waals surface area contributed by atoms with Gasteiger partial charge in [-0.15, -0.1) is 0 Å². The normalized spacial score (nSPS) is 24.0. The predicted molar refractivity (Wildman–Crippen MR) is 160 cm³/mol. The van der Waals surface area contributed by atoms with E-state index < -0.39 is 29.6 Å². The zero-order valence-corrected chi connectivity index (χ0v) is 24.6. The third-order valence-corrected chi connectivity index (χ3v) is 8.93. The van der Waals surface area contributed by atoms with Crippen LogP contribution in [0, 0.1) is 5.92 Å². The summed E-state index contributed by atoms with van der Waals surface area (Å²) < 4.78 is 10.2. The number of hydrogen-bond acceptors (Lipinski definition) is 8. The molecule has 3 fully saturated rings. The molecule has 2 aromatic carbocycles. The first-order valence-corrected chi connectivity index (χ1v) is 15.0. The molecule has 3 atom stereocenters. The van der Waals surface area contributed by atoms with Gasteiger partial charge < -0.3 is 29.5 Å². The first-order valence-electron chi connectivity index (χ1n) is 15.0. The molecule has 0 radical (unpaired) electrons. The number of likely N-dealkylation sites (tertiary alicyclic amines) is 1. The molecular formula is C32H36N4O8. The minimum Gasteiger partial charge on any atom is -0.447 e. The second-order valence-corrected chi connectivity index (χ2v) is 11.5. The summed E-state index contributed by atoms with van der Waals surface area (Å²) >= 11 is 0. The summed E-state index contributed by atoms with van der Waals surface area (Å²) in [6, 6.07) is 12.2. The molecule has 4 aliphatic rings. The molecule has 4 aliphatic heterocycles. The van der Waals surface area contributed by atoms with Crippen molar-refractivity contribution in [3.05, 3.63) is 65.7 Å². The lowest BCUT2D eigenvalue weighted by atomic mass is 9.82. The molecule has 0 bridgehead atoms. The Morgan fingerprint density at radius 1 is 1.02 bits per heavy atom. The number of benzene rings is 2. The summed E-state index contributed by atoms with van der Waals surface area (Å²) in [5, 5.41) is 21.8. The van der Waals surface area contributed by atoms with Crippen molar-refractivity contribution in [2.24, 2.45) is 5.92 Å². The van der Waals surface area contributed by atoms with Crippen molar-refractivity contribution in [2.45, 2.75) is 44.4 Å². The molecule has 232 valence electrons. The monoisotopic (exact) mass is 604 g/mol. The third-order valence-electron chi connectivity index (χ3n) is 8.93. The van der Waals surface area contributed by atoms with Gasteiger partial charge in [0.2, 0.25) is 5.91 Å². The van der Waals surface area contributed by atoms with Crippen LogP contribution >= 0.6 is 0 Å². The fraction of sp³-hybridized carbons (Fsp3) is 0.438. The number of ether oxygens (including phenoxy) is 2. The molecule has 4 heterocycles. The van der Waals surface area contributed by atoms with Crippen molar-refractivity contribution in [3.63, 3.8) is 0 Å². The first kappa shape index (κ1) is 29.6. The largest absolute Gasteiger partial charge is 0.447 e. The number of rotatable bonds is 9. The maximum Gasteiger partial charge on any atom is 0.414 e. The number of carbonyl (C=O) groups excluding carboxylic acids is 4.